The fourth-order valence-electron chi connectivity index (χ4n) is 3.39. The van der Waals surface area contributed by atoms with E-state index in [1.165, 1.54) is 24.7 Å². The van der Waals surface area contributed by atoms with Crippen molar-refractivity contribution >= 4 is 35.0 Å². The zero-order chi connectivity index (χ0) is 20.9. The maximum Gasteiger partial charge on any atom is 0.341 e. The lowest BCUT2D eigenvalue weighted by Crippen LogP contribution is -2.34. The van der Waals surface area contributed by atoms with Crippen molar-refractivity contribution in [3.8, 4) is 5.75 Å². The Labute approximate surface area is 177 Å². The molecule has 2 aromatic heterocycles. The molecule has 1 amide bonds. The number of aryl methyl sites for hydroxylation is 1. The summed E-state index contributed by atoms with van der Waals surface area (Å²) in [5.74, 6) is 0.341. The number of benzene rings is 1. The normalized spacial score (nSPS) is 13.3. The van der Waals surface area contributed by atoms with Crippen molar-refractivity contribution in [1.29, 1.82) is 0 Å². The third-order valence-electron chi connectivity index (χ3n) is 4.80. The van der Waals surface area contributed by atoms with Crippen LogP contribution in [0, 0.1) is 0 Å². The number of fused-ring (bicyclic) bond motifs is 1. The lowest BCUT2D eigenvalue weighted by Gasteiger charge is -2.30. The number of nitrogens with zero attached hydrogens (tertiary/aromatic N) is 2. The van der Waals surface area contributed by atoms with E-state index in [0.29, 0.717) is 23.6 Å². The number of rotatable bonds is 6. The van der Waals surface area contributed by atoms with Crippen LogP contribution in [0.2, 0.25) is 0 Å². The molecule has 0 saturated heterocycles. The lowest BCUT2D eigenvalue weighted by molar-refractivity contribution is -0.114. The maximum absolute atomic E-state index is 12.9. The molecule has 0 saturated carbocycles. The highest BCUT2D eigenvalue weighted by molar-refractivity contribution is 7.10. The first-order valence-corrected chi connectivity index (χ1v) is 10.3. The van der Waals surface area contributed by atoms with Gasteiger partial charge < -0.3 is 18.8 Å². The molecule has 3 heterocycles. The van der Waals surface area contributed by atoms with Gasteiger partial charge in [0.25, 0.3) is 5.91 Å². The van der Waals surface area contributed by atoms with Gasteiger partial charge in [-0.2, -0.15) is 0 Å². The molecule has 1 aliphatic heterocycles. The first kappa shape index (κ1) is 19.9. The van der Waals surface area contributed by atoms with Crippen LogP contribution in [0.1, 0.15) is 33.0 Å². The van der Waals surface area contributed by atoms with E-state index in [0.717, 1.165) is 29.0 Å². The van der Waals surface area contributed by atoms with Crippen LogP contribution < -0.4 is 9.64 Å². The second kappa shape index (κ2) is 8.96. The topological polar surface area (TPSA) is 81.9 Å². The minimum Gasteiger partial charge on any atom is -0.483 e. The lowest BCUT2D eigenvalue weighted by atomic mass is 10.0. The third-order valence-corrected chi connectivity index (χ3v) is 5.54. The van der Waals surface area contributed by atoms with Crippen LogP contribution >= 0.6 is 11.3 Å². The van der Waals surface area contributed by atoms with Gasteiger partial charge in [0, 0.05) is 23.7 Å². The number of methoxy groups -OCH3 is 1. The second-order valence-electron chi connectivity index (χ2n) is 6.63. The second-order valence-corrected chi connectivity index (χ2v) is 7.55. The molecule has 0 spiro atoms. The van der Waals surface area contributed by atoms with Gasteiger partial charge in [-0.15, -0.1) is 11.3 Å². The van der Waals surface area contributed by atoms with Crippen molar-refractivity contribution in [2.45, 2.75) is 19.4 Å². The van der Waals surface area contributed by atoms with Gasteiger partial charge in [-0.05, 0) is 36.6 Å². The number of ether oxygens (including phenoxy) is 2. The molecule has 0 aliphatic carbocycles. The summed E-state index contributed by atoms with van der Waals surface area (Å²) in [5, 5.41) is 0. The average Bonchev–Trinajstić information content (AvgIpc) is 3.47. The number of esters is 1. The predicted octanol–water partition coefficient (Wildman–Crippen LogP) is 4.09. The van der Waals surface area contributed by atoms with E-state index < -0.39 is 5.97 Å². The molecule has 30 heavy (non-hydrogen) atoms. The number of amides is 1. The smallest absolute Gasteiger partial charge is 0.341 e. The first-order valence-electron chi connectivity index (χ1n) is 9.45. The van der Waals surface area contributed by atoms with Gasteiger partial charge in [-0.3, -0.25) is 9.78 Å². The van der Waals surface area contributed by atoms with Gasteiger partial charge in [0.2, 0.25) is 0 Å². The van der Waals surface area contributed by atoms with E-state index in [1.807, 2.05) is 18.2 Å². The minimum atomic E-state index is -0.484. The fourth-order valence-corrected chi connectivity index (χ4v) is 3.90. The number of thiazole rings is 1. The van der Waals surface area contributed by atoms with Gasteiger partial charge in [0.1, 0.15) is 17.9 Å². The Bertz CT molecular complexity index is 1070. The van der Waals surface area contributed by atoms with Gasteiger partial charge in [-0.25, -0.2) is 4.79 Å². The monoisotopic (exact) mass is 424 g/mol. The Morgan fingerprint density at radius 3 is 3.03 bits per heavy atom. The highest BCUT2D eigenvalue weighted by atomic mass is 32.1. The van der Waals surface area contributed by atoms with Crippen molar-refractivity contribution in [2.75, 3.05) is 18.6 Å². The molecule has 0 atom stereocenters. The third kappa shape index (κ3) is 4.13. The molecule has 154 valence electrons. The summed E-state index contributed by atoms with van der Waals surface area (Å²) in [4.78, 5) is 31.4. The van der Waals surface area contributed by atoms with E-state index in [9.17, 15) is 9.59 Å². The van der Waals surface area contributed by atoms with Crippen LogP contribution in [0.25, 0.3) is 6.08 Å². The molecule has 7 nitrogen and oxygen atoms in total. The predicted molar refractivity (Wildman–Crippen MR) is 113 cm³/mol. The van der Waals surface area contributed by atoms with Crippen molar-refractivity contribution in [2.24, 2.45) is 0 Å². The summed E-state index contributed by atoms with van der Waals surface area (Å²) in [6, 6.07) is 7.27. The van der Waals surface area contributed by atoms with Gasteiger partial charge in [0.15, 0.2) is 5.76 Å². The maximum atomic E-state index is 12.9. The van der Waals surface area contributed by atoms with Crippen molar-refractivity contribution < 1.29 is 23.5 Å². The number of furan rings is 1. The van der Waals surface area contributed by atoms with Crippen molar-refractivity contribution in [3.63, 3.8) is 0 Å². The van der Waals surface area contributed by atoms with Crippen molar-refractivity contribution in [3.05, 3.63) is 70.1 Å². The highest BCUT2D eigenvalue weighted by Crippen LogP contribution is 2.37. The number of anilines is 1. The van der Waals surface area contributed by atoms with Gasteiger partial charge >= 0.3 is 5.97 Å². The Balaban J connectivity index is 1.57. The van der Waals surface area contributed by atoms with E-state index in [2.05, 4.69) is 4.98 Å². The Hall–Kier alpha value is -3.39. The Kier molecular flexibility index (Phi) is 5.94. The molecular formula is C22H20N2O5S. The average molecular weight is 424 g/mol. The molecule has 0 N–H and O–H groups in total. The highest BCUT2D eigenvalue weighted by Gasteiger charge is 2.25. The summed E-state index contributed by atoms with van der Waals surface area (Å²) in [6.07, 6.45) is 8.20. The van der Waals surface area contributed by atoms with Crippen LogP contribution in [0.4, 0.5) is 5.69 Å². The number of carbonyl (C=O) groups is 2. The SMILES string of the molecule is COC(=O)c1ccoc1COc1cccc2c1N(C(=O)/C=C/c1cncs1)CCC2. The minimum absolute atomic E-state index is 0.0482. The van der Waals surface area contributed by atoms with E-state index in [-0.39, 0.29) is 12.5 Å². The fraction of sp³-hybridized carbons (Fsp3) is 0.227. The van der Waals surface area contributed by atoms with E-state index in [4.69, 9.17) is 13.9 Å². The largest absolute Gasteiger partial charge is 0.483 e. The summed E-state index contributed by atoms with van der Waals surface area (Å²) in [7, 11) is 1.32. The van der Waals surface area contributed by atoms with E-state index >= 15 is 0 Å². The number of hydrogen-bond donors (Lipinski definition) is 0. The summed E-state index contributed by atoms with van der Waals surface area (Å²) in [6.45, 7) is 0.653. The van der Waals surface area contributed by atoms with Crippen LogP contribution in [0.3, 0.4) is 0 Å². The molecule has 0 unspecified atom stereocenters. The Morgan fingerprint density at radius 1 is 1.33 bits per heavy atom. The van der Waals surface area contributed by atoms with E-state index in [1.54, 1.807) is 34.8 Å². The van der Waals surface area contributed by atoms with Crippen LogP contribution in [0.15, 0.2) is 52.7 Å². The summed E-state index contributed by atoms with van der Waals surface area (Å²) in [5.41, 5.74) is 3.85. The van der Waals surface area contributed by atoms with Crippen molar-refractivity contribution in [1.82, 2.24) is 4.98 Å². The molecule has 1 aliphatic rings. The summed E-state index contributed by atoms with van der Waals surface area (Å²) < 4.78 is 16.1. The van der Waals surface area contributed by atoms with Gasteiger partial charge in [-0.1, -0.05) is 12.1 Å². The summed E-state index contributed by atoms with van der Waals surface area (Å²) >= 11 is 1.47. The molecule has 1 aromatic carbocycles. The number of carbonyl (C=O) groups excluding carboxylic acids is 2. The number of hydrogen-bond acceptors (Lipinski definition) is 7. The quantitative estimate of drug-likeness (QED) is 0.438. The van der Waals surface area contributed by atoms with Crippen LogP contribution in [-0.4, -0.2) is 30.5 Å². The molecular weight excluding hydrogens is 404 g/mol. The molecule has 8 heteroatoms. The van der Waals surface area contributed by atoms with Crippen LogP contribution in [-0.2, 0) is 22.6 Å². The molecule has 3 aromatic rings. The molecule has 4 rings (SSSR count). The molecule has 0 fully saturated rings. The number of aromatic nitrogens is 1. The molecule has 0 radical (unpaired) electrons. The molecule has 0 bridgehead atoms. The Morgan fingerprint density at radius 2 is 2.23 bits per heavy atom. The standard InChI is InChI=1S/C22H20N2O5S/c1-27-22(26)17-9-11-28-19(17)13-29-18-6-2-4-15-5-3-10-24(21(15)18)20(25)8-7-16-12-23-14-30-16/h2,4,6-9,11-12,14H,3,5,10,13H2,1H3/b8-7+. The zero-order valence-corrected chi connectivity index (χ0v) is 17.2. The first-order chi connectivity index (χ1) is 14.7. The zero-order valence-electron chi connectivity index (χ0n) is 16.4. The van der Waals surface area contributed by atoms with Gasteiger partial charge in [0.05, 0.1) is 24.6 Å². The van der Waals surface area contributed by atoms with Crippen LogP contribution in [0.5, 0.6) is 5.75 Å². The number of para-hydroxylation sites is 1.